The van der Waals surface area contributed by atoms with E-state index in [0.717, 1.165) is 11.3 Å². The minimum Gasteiger partial charge on any atom is -0.496 e. The fraction of sp³-hybridized carbons (Fsp3) is 0.381. The van der Waals surface area contributed by atoms with E-state index in [9.17, 15) is 13.2 Å². The first-order valence-electron chi connectivity index (χ1n) is 9.93. The van der Waals surface area contributed by atoms with Gasteiger partial charge in [0.15, 0.2) is 0 Å². The molecule has 0 unspecified atom stereocenters. The van der Waals surface area contributed by atoms with Crippen LogP contribution in [0.1, 0.15) is 18.4 Å². The molecule has 30 heavy (non-hydrogen) atoms. The molecule has 1 saturated heterocycles. The second kappa shape index (κ2) is 8.25. The predicted molar refractivity (Wildman–Crippen MR) is 114 cm³/mol. The average molecular weight is 431 g/mol. The summed E-state index contributed by atoms with van der Waals surface area (Å²) in [5.74, 6) is 0.674. The van der Waals surface area contributed by atoms with E-state index in [-0.39, 0.29) is 17.3 Å². The third-order valence-corrected chi connectivity index (χ3v) is 7.22. The van der Waals surface area contributed by atoms with Crippen LogP contribution in [0, 0.1) is 0 Å². The summed E-state index contributed by atoms with van der Waals surface area (Å²) in [5, 5.41) is 6.30. The average Bonchev–Trinajstić information content (AvgIpc) is 2.74. The van der Waals surface area contributed by atoms with Gasteiger partial charge in [0.2, 0.25) is 15.9 Å². The maximum atomic E-state index is 12.6. The molecule has 1 fully saturated rings. The van der Waals surface area contributed by atoms with Gasteiger partial charge < -0.3 is 15.4 Å². The predicted octanol–water partition coefficient (Wildman–Crippen LogP) is 1.51. The van der Waals surface area contributed by atoms with Crippen molar-refractivity contribution in [3.63, 3.8) is 0 Å². The Morgan fingerprint density at radius 2 is 1.83 bits per heavy atom. The summed E-state index contributed by atoms with van der Waals surface area (Å²) >= 11 is 0. The van der Waals surface area contributed by atoms with Crippen molar-refractivity contribution in [1.82, 2.24) is 14.9 Å². The van der Waals surface area contributed by atoms with E-state index in [0.29, 0.717) is 38.2 Å². The summed E-state index contributed by atoms with van der Waals surface area (Å²) in [5.41, 5.74) is 0.835. The number of nitrogens with zero attached hydrogens (tertiary/aromatic N) is 1. The SMILES string of the molecule is COc1ccccc1CNC(=O)CN1CCC2(CC1)Nc1ccccc1S(=O)(=O)N2. The standard InChI is InChI=1S/C21H26N4O4S/c1-29-18-8-4-2-6-16(18)14-22-20(26)15-25-12-10-21(11-13-25)23-17-7-3-5-9-19(17)30(27,28)24-21/h2-9,23-24H,10-15H2,1H3,(H,22,26). The number of hydrogen-bond donors (Lipinski definition) is 3. The monoisotopic (exact) mass is 430 g/mol. The summed E-state index contributed by atoms with van der Waals surface area (Å²) in [7, 11) is -1.95. The van der Waals surface area contributed by atoms with Crippen LogP contribution >= 0.6 is 0 Å². The lowest BCUT2D eigenvalue weighted by molar-refractivity contribution is -0.122. The lowest BCUT2D eigenvalue weighted by Gasteiger charge is -2.45. The van der Waals surface area contributed by atoms with Crippen LogP contribution in [0.4, 0.5) is 5.69 Å². The lowest BCUT2D eigenvalue weighted by Crippen LogP contribution is -2.62. The molecule has 2 aromatic carbocycles. The number of carbonyl (C=O) groups is 1. The number of ether oxygens (including phenoxy) is 1. The summed E-state index contributed by atoms with van der Waals surface area (Å²) in [6.07, 6.45) is 1.14. The zero-order valence-corrected chi connectivity index (χ0v) is 17.7. The number of nitrogens with one attached hydrogen (secondary N) is 3. The molecule has 0 atom stereocenters. The Bertz CT molecular complexity index is 1030. The Morgan fingerprint density at radius 1 is 1.13 bits per heavy atom. The van der Waals surface area contributed by atoms with Crippen molar-refractivity contribution < 1.29 is 17.9 Å². The van der Waals surface area contributed by atoms with Crippen LogP contribution in [0.3, 0.4) is 0 Å². The molecule has 160 valence electrons. The van der Waals surface area contributed by atoms with E-state index in [1.807, 2.05) is 35.2 Å². The van der Waals surface area contributed by atoms with Gasteiger partial charge >= 0.3 is 0 Å². The number of sulfonamides is 1. The lowest BCUT2D eigenvalue weighted by atomic mass is 9.97. The van der Waals surface area contributed by atoms with Crippen LogP contribution in [0.15, 0.2) is 53.4 Å². The van der Waals surface area contributed by atoms with Gasteiger partial charge in [-0.3, -0.25) is 9.69 Å². The highest BCUT2D eigenvalue weighted by molar-refractivity contribution is 7.89. The second-order valence-electron chi connectivity index (χ2n) is 7.67. The zero-order valence-electron chi connectivity index (χ0n) is 16.8. The number of fused-ring (bicyclic) bond motifs is 1. The first-order chi connectivity index (χ1) is 14.4. The maximum absolute atomic E-state index is 12.6. The fourth-order valence-electron chi connectivity index (χ4n) is 4.02. The van der Waals surface area contributed by atoms with E-state index in [1.54, 1.807) is 25.3 Å². The minimum absolute atomic E-state index is 0.0700. The van der Waals surface area contributed by atoms with Gasteiger partial charge in [-0.15, -0.1) is 0 Å². The number of amides is 1. The van der Waals surface area contributed by atoms with Gasteiger partial charge in [-0.25, -0.2) is 8.42 Å². The zero-order chi connectivity index (χ0) is 21.2. The number of hydrogen-bond acceptors (Lipinski definition) is 6. The van der Waals surface area contributed by atoms with Gasteiger partial charge in [-0.05, 0) is 31.0 Å². The topological polar surface area (TPSA) is 99.8 Å². The summed E-state index contributed by atoms with van der Waals surface area (Å²) in [6.45, 7) is 1.90. The molecule has 0 bridgehead atoms. The highest BCUT2D eigenvalue weighted by atomic mass is 32.2. The van der Waals surface area contributed by atoms with E-state index in [2.05, 4.69) is 15.4 Å². The Kier molecular flexibility index (Phi) is 5.68. The largest absolute Gasteiger partial charge is 0.496 e. The molecular weight excluding hydrogens is 404 g/mol. The van der Waals surface area contributed by atoms with Crippen molar-refractivity contribution in [2.24, 2.45) is 0 Å². The quantitative estimate of drug-likeness (QED) is 0.665. The molecule has 1 amide bonds. The molecule has 0 aromatic heterocycles. The second-order valence-corrected chi connectivity index (χ2v) is 9.32. The summed E-state index contributed by atoms with van der Waals surface area (Å²) in [4.78, 5) is 14.7. The third-order valence-electron chi connectivity index (χ3n) is 5.63. The molecule has 3 N–H and O–H groups in total. The molecule has 4 rings (SSSR count). The first-order valence-corrected chi connectivity index (χ1v) is 11.4. The van der Waals surface area contributed by atoms with Crippen molar-refractivity contribution in [3.8, 4) is 5.75 Å². The minimum atomic E-state index is -3.56. The van der Waals surface area contributed by atoms with Crippen molar-refractivity contribution >= 4 is 21.6 Å². The number of piperidine rings is 1. The van der Waals surface area contributed by atoms with Crippen LogP contribution in [-0.2, 0) is 21.4 Å². The fourth-order valence-corrected chi connectivity index (χ4v) is 5.57. The van der Waals surface area contributed by atoms with E-state index < -0.39 is 15.7 Å². The normalized spacial score (nSPS) is 19.5. The molecule has 2 aliphatic rings. The van der Waals surface area contributed by atoms with Gasteiger partial charge in [0.1, 0.15) is 16.3 Å². The van der Waals surface area contributed by atoms with E-state index in [4.69, 9.17) is 4.74 Å². The smallest absolute Gasteiger partial charge is 0.244 e. The van der Waals surface area contributed by atoms with Crippen molar-refractivity contribution in [2.45, 2.75) is 29.9 Å². The Hall–Kier alpha value is -2.62. The number of likely N-dealkylation sites (tertiary alicyclic amines) is 1. The first kappa shape index (κ1) is 20.6. The van der Waals surface area contributed by atoms with Crippen LogP contribution in [0.5, 0.6) is 5.75 Å². The van der Waals surface area contributed by atoms with Crippen LogP contribution in [0.2, 0.25) is 0 Å². The molecule has 0 radical (unpaired) electrons. The summed E-state index contributed by atoms with van der Waals surface area (Å²) < 4.78 is 33.4. The molecule has 0 aliphatic carbocycles. The number of rotatable bonds is 5. The third kappa shape index (κ3) is 4.28. The molecule has 0 saturated carbocycles. The molecular formula is C21H26N4O4S. The Balaban J connectivity index is 1.32. The highest BCUT2D eigenvalue weighted by Gasteiger charge is 2.43. The number of para-hydroxylation sites is 2. The molecule has 2 aliphatic heterocycles. The Morgan fingerprint density at radius 3 is 2.60 bits per heavy atom. The maximum Gasteiger partial charge on any atom is 0.244 e. The molecule has 1 spiro atoms. The van der Waals surface area contributed by atoms with Crippen LogP contribution in [-0.4, -0.2) is 51.6 Å². The van der Waals surface area contributed by atoms with Gasteiger partial charge in [0.05, 0.1) is 19.3 Å². The van der Waals surface area contributed by atoms with Crippen molar-refractivity contribution in [1.29, 1.82) is 0 Å². The van der Waals surface area contributed by atoms with Crippen LogP contribution < -0.4 is 20.1 Å². The van der Waals surface area contributed by atoms with E-state index >= 15 is 0 Å². The highest BCUT2D eigenvalue weighted by Crippen LogP contribution is 2.34. The van der Waals surface area contributed by atoms with E-state index in [1.165, 1.54) is 0 Å². The number of benzene rings is 2. The Labute approximate surface area is 176 Å². The van der Waals surface area contributed by atoms with Crippen molar-refractivity contribution in [3.05, 3.63) is 54.1 Å². The van der Waals surface area contributed by atoms with Gasteiger partial charge in [-0.1, -0.05) is 30.3 Å². The summed E-state index contributed by atoms with van der Waals surface area (Å²) in [6, 6.07) is 14.5. The number of methoxy groups -OCH3 is 1. The molecule has 2 heterocycles. The van der Waals surface area contributed by atoms with Gasteiger partial charge in [0.25, 0.3) is 0 Å². The van der Waals surface area contributed by atoms with Crippen LogP contribution in [0.25, 0.3) is 0 Å². The van der Waals surface area contributed by atoms with Crippen molar-refractivity contribution in [2.75, 3.05) is 32.1 Å². The van der Waals surface area contributed by atoms with Gasteiger partial charge in [-0.2, -0.15) is 4.72 Å². The number of anilines is 1. The molecule has 8 nitrogen and oxygen atoms in total. The molecule has 2 aromatic rings. The number of carbonyl (C=O) groups excluding carboxylic acids is 1. The van der Waals surface area contributed by atoms with Gasteiger partial charge in [0, 0.05) is 25.2 Å². The molecule has 9 heteroatoms.